The lowest BCUT2D eigenvalue weighted by atomic mass is 10.1. The minimum atomic E-state index is -0.578. The van der Waals surface area contributed by atoms with E-state index in [1.807, 2.05) is 13.8 Å². The maximum Gasteiger partial charge on any atom is 0.275 e. The molecule has 0 saturated heterocycles. The highest BCUT2D eigenvalue weighted by molar-refractivity contribution is 5.44. The van der Waals surface area contributed by atoms with Gasteiger partial charge in [-0.2, -0.15) is 0 Å². The molecule has 0 aliphatic heterocycles. The molecule has 0 radical (unpaired) electrons. The Morgan fingerprint density at radius 3 is 2.21 bits per heavy atom. The summed E-state index contributed by atoms with van der Waals surface area (Å²) in [6, 6.07) is 2.21. The zero-order valence-electron chi connectivity index (χ0n) is 8.80. The lowest BCUT2D eigenvalue weighted by Crippen LogP contribution is -1.95. The van der Waals surface area contributed by atoms with E-state index in [-0.39, 0.29) is 5.69 Å². The molecule has 0 atom stereocenters. The van der Waals surface area contributed by atoms with Crippen molar-refractivity contribution < 1.29 is 9.31 Å². The molecule has 0 heterocycles. The van der Waals surface area contributed by atoms with Gasteiger partial charge in [-0.15, -0.1) is 0 Å². The summed E-state index contributed by atoms with van der Waals surface area (Å²) in [6.07, 6.45) is 0. The second-order valence-electron chi connectivity index (χ2n) is 2.62. The van der Waals surface area contributed by atoms with Gasteiger partial charge in [-0.05, 0) is 25.5 Å². The maximum atomic E-state index is 12.7. The van der Waals surface area contributed by atoms with Crippen molar-refractivity contribution in [1.29, 1.82) is 0 Å². The molecule has 0 fully saturated rings. The van der Waals surface area contributed by atoms with E-state index in [2.05, 4.69) is 0 Å². The SMILES string of the molecule is CC.Cc1cc(F)cc([N+](=O)[O-])c1C. The third kappa shape index (κ3) is 2.80. The van der Waals surface area contributed by atoms with Crippen LogP contribution in [0.2, 0.25) is 0 Å². The van der Waals surface area contributed by atoms with E-state index in [9.17, 15) is 14.5 Å². The summed E-state index contributed by atoms with van der Waals surface area (Å²) in [5, 5.41) is 10.4. The number of halogens is 1. The second-order valence-corrected chi connectivity index (χ2v) is 2.62. The summed E-state index contributed by atoms with van der Waals surface area (Å²) in [7, 11) is 0. The summed E-state index contributed by atoms with van der Waals surface area (Å²) in [6.45, 7) is 7.25. The zero-order valence-corrected chi connectivity index (χ0v) is 8.80. The van der Waals surface area contributed by atoms with Gasteiger partial charge >= 0.3 is 0 Å². The Kier molecular flexibility index (Phi) is 4.77. The number of aryl methyl sites for hydroxylation is 1. The van der Waals surface area contributed by atoms with Crippen molar-refractivity contribution in [2.45, 2.75) is 27.7 Å². The molecule has 0 aliphatic carbocycles. The minimum Gasteiger partial charge on any atom is -0.258 e. The van der Waals surface area contributed by atoms with Crippen molar-refractivity contribution in [3.05, 3.63) is 39.2 Å². The summed E-state index contributed by atoms with van der Waals surface area (Å²) in [5.74, 6) is -0.565. The molecule has 4 heteroatoms. The van der Waals surface area contributed by atoms with Gasteiger partial charge in [-0.25, -0.2) is 4.39 Å². The van der Waals surface area contributed by atoms with E-state index >= 15 is 0 Å². The molecule has 0 aliphatic rings. The molecule has 0 bridgehead atoms. The highest BCUT2D eigenvalue weighted by atomic mass is 19.1. The van der Waals surface area contributed by atoms with Gasteiger partial charge in [0.05, 0.1) is 11.0 Å². The number of nitro benzene ring substituents is 1. The fourth-order valence-electron chi connectivity index (χ4n) is 0.987. The van der Waals surface area contributed by atoms with Gasteiger partial charge < -0.3 is 0 Å². The molecule has 78 valence electrons. The van der Waals surface area contributed by atoms with E-state index in [1.165, 1.54) is 6.07 Å². The molecule has 1 aromatic rings. The van der Waals surface area contributed by atoms with Crippen LogP contribution in [0.15, 0.2) is 12.1 Å². The first kappa shape index (κ1) is 12.6. The van der Waals surface area contributed by atoms with Crippen LogP contribution in [0, 0.1) is 29.8 Å². The Labute approximate surface area is 82.7 Å². The average Bonchev–Trinajstić information content (AvgIpc) is 2.14. The van der Waals surface area contributed by atoms with Gasteiger partial charge in [0, 0.05) is 5.56 Å². The third-order valence-electron chi connectivity index (χ3n) is 1.80. The first-order valence-corrected chi connectivity index (χ1v) is 4.43. The van der Waals surface area contributed by atoms with Crippen LogP contribution in [0.4, 0.5) is 10.1 Å². The summed E-state index contributed by atoms with van der Waals surface area (Å²) in [5.41, 5.74) is 0.954. The topological polar surface area (TPSA) is 43.1 Å². The summed E-state index contributed by atoms with van der Waals surface area (Å²) >= 11 is 0. The molecular formula is C10H14FNO2. The van der Waals surface area contributed by atoms with Gasteiger partial charge in [0.25, 0.3) is 5.69 Å². The van der Waals surface area contributed by atoms with Crippen molar-refractivity contribution in [2.75, 3.05) is 0 Å². The number of nitrogens with zero attached hydrogens (tertiary/aromatic N) is 1. The Morgan fingerprint density at radius 1 is 1.29 bits per heavy atom. The normalized spacial score (nSPS) is 8.93. The van der Waals surface area contributed by atoms with Crippen LogP contribution >= 0.6 is 0 Å². The molecule has 0 N–H and O–H groups in total. The van der Waals surface area contributed by atoms with Crippen LogP contribution < -0.4 is 0 Å². The van der Waals surface area contributed by atoms with Crippen molar-refractivity contribution in [2.24, 2.45) is 0 Å². The minimum absolute atomic E-state index is 0.160. The summed E-state index contributed by atoms with van der Waals surface area (Å²) in [4.78, 5) is 9.79. The van der Waals surface area contributed by atoms with Crippen LogP contribution in [0.5, 0.6) is 0 Å². The van der Waals surface area contributed by atoms with Gasteiger partial charge in [-0.1, -0.05) is 13.8 Å². The number of benzene rings is 1. The first-order chi connectivity index (χ1) is 6.52. The van der Waals surface area contributed by atoms with E-state index in [4.69, 9.17) is 0 Å². The molecular weight excluding hydrogens is 185 g/mol. The predicted molar refractivity (Wildman–Crippen MR) is 53.9 cm³/mol. The lowest BCUT2D eigenvalue weighted by molar-refractivity contribution is -0.385. The molecule has 0 saturated carbocycles. The maximum absolute atomic E-state index is 12.7. The smallest absolute Gasteiger partial charge is 0.258 e. The van der Waals surface area contributed by atoms with Crippen molar-refractivity contribution in [3.8, 4) is 0 Å². The van der Waals surface area contributed by atoms with Gasteiger partial charge in [0.2, 0.25) is 0 Å². The molecule has 0 aromatic heterocycles. The van der Waals surface area contributed by atoms with E-state index < -0.39 is 10.7 Å². The Bertz CT molecular complexity index is 337. The van der Waals surface area contributed by atoms with Crippen LogP contribution in [0.1, 0.15) is 25.0 Å². The Balaban J connectivity index is 0.000000791. The van der Waals surface area contributed by atoms with Gasteiger partial charge in [0.1, 0.15) is 5.82 Å². The molecule has 0 amide bonds. The van der Waals surface area contributed by atoms with Crippen molar-refractivity contribution in [1.82, 2.24) is 0 Å². The Morgan fingerprint density at radius 2 is 1.79 bits per heavy atom. The van der Waals surface area contributed by atoms with Gasteiger partial charge in [0.15, 0.2) is 0 Å². The van der Waals surface area contributed by atoms with Crippen molar-refractivity contribution in [3.63, 3.8) is 0 Å². The Hall–Kier alpha value is -1.45. The molecule has 1 rings (SSSR count). The van der Waals surface area contributed by atoms with Crippen molar-refractivity contribution >= 4 is 5.69 Å². The van der Waals surface area contributed by atoms with Crippen LogP contribution in [0.3, 0.4) is 0 Å². The average molecular weight is 199 g/mol. The molecule has 1 aromatic carbocycles. The van der Waals surface area contributed by atoms with E-state index in [0.29, 0.717) is 11.1 Å². The standard InChI is InChI=1S/C8H8FNO2.C2H6/c1-5-3-7(9)4-8(6(5)2)10(11)12;1-2/h3-4H,1-2H3;1-2H3. The van der Waals surface area contributed by atoms with Gasteiger partial charge in [-0.3, -0.25) is 10.1 Å². The number of hydrogen-bond donors (Lipinski definition) is 0. The molecule has 0 unspecified atom stereocenters. The predicted octanol–water partition coefficient (Wildman–Crippen LogP) is 3.38. The number of rotatable bonds is 1. The van der Waals surface area contributed by atoms with E-state index in [1.54, 1.807) is 13.8 Å². The highest BCUT2D eigenvalue weighted by Crippen LogP contribution is 2.22. The fraction of sp³-hybridized carbons (Fsp3) is 0.400. The zero-order chi connectivity index (χ0) is 11.3. The van der Waals surface area contributed by atoms with Crippen LogP contribution in [-0.2, 0) is 0 Å². The third-order valence-corrected chi connectivity index (χ3v) is 1.80. The summed E-state index contributed by atoms with van der Waals surface area (Å²) < 4.78 is 12.7. The fourth-order valence-corrected chi connectivity index (χ4v) is 0.987. The second kappa shape index (κ2) is 5.32. The molecule has 3 nitrogen and oxygen atoms in total. The lowest BCUT2D eigenvalue weighted by Gasteiger charge is -2.00. The monoisotopic (exact) mass is 199 g/mol. The van der Waals surface area contributed by atoms with Crippen LogP contribution in [-0.4, -0.2) is 4.92 Å². The van der Waals surface area contributed by atoms with Crippen LogP contribution in [0.25, 0.3) is 0 Å². The first-order valence-electron chi connectivity index (χ1n) is 4.43. The van der Waals surface area contributed by atoms with E-state index in [0.717, 1.165) is 6.07 Å². The highest BCUT2D eigenvalue weighted by Gasteiger charge is 2.13. The molecule has 0 spiro atoms. The quantitative estimate of drug-likeness (QED) is 0.514. The number of nitro groups is 1. The largest absolute Gasteiger partial charge is 0.275 e. The number of hydrogen-bond acceptors (Lipinski definition) is 2. The molecule has 14 heavy (non-hydrogen) atoms.